The van der Waals surface area contributed by atoms with Crippen LogP contribution in [0.4, 0.5) is 18.0 Å². The minimum absolute atomic E-state index is 0.989. The standard InChI is InChI=1S/C7H12F3NO4S/c1-6(2,3)15-5(12)11-4(16(13)14)7(8,9)10/h4H,1-3H3,(H,11,12)(H,13,14). The number of alkyl carbamates (subject to hydrolysis) is 1. The third-order valence-corrected chi connectivity index (χ3v) is 1.94. The molecule has 0 rings (SSSR count). The molecule has 1 amide bonds. The van der Waals surface area contributed by atoms with Crippen molar-refractivity contribution in [1.82, 2.24) is 5.32 Å². The summed E-state index contributed by atoms with van der Waals surface area (Å²) < 4.78 is 59.7. The fourth-order valence-corrected chi connectivity index (χ4v) is 1.09. The van der Waals surface area contributed by atoms with Gasteiger partial charge < -0.3 is 9.29 Å². The number of halogens is 3. The smallest absolute Gasteiger partial charge is 0.423 e. The molecule has 0 radical (unpaired) electrons. The lowest BCUT2D eigenvalue weighted by molar-refractivity contribution is -0.135. The van der Waals surface area contributed by atoms with Crippen LogP contribution in [0.2, 0.25) is 0 Å². The molecule has 2 atom stereocenters. The molecule has 96 valence electrons. The zero-order valence-corrected chi connectivity index (χ0v) is 9.61. The van der Waals surface area contributed by atoms with Gasteiger partial charge in [0, 0.05) is 0 Å². The second kappa shape index (κ2) is 5.00. The fourth-order valence-electron chi connectivity index (χ4n) is 0.661. The number of ether oxygens (including phenoxy) is 1. The molecule has 5 nitrogen and oxygen atoms in total. The lowest BCUT2D eigenvalue weighted by atomic mass is 10.2. The maximum absolute atomic E-state index is 12.1. The molecule has 0 bridgehead atoms. The van der Waals surface area contributed by atoms with E-state index in [0.29, 0.717) is 0 Å². The molecule has 0 saturated heterocycles. The van der Waals surface area contributed by atoms with Crippen molar-refractivity contribution in [2.45, 2.75) is 37.9 Å². The lowest BCUT2D eigenvalue weighted by Crippen LogP contribution is -2.49. The van der Waals surface area contributed by atoms with Crippen LogP contribution in [-0.2, 0) is 15.8 Å². The summed E-state index contributed by atoms with van der Waals surface area (Å²) in [5.41, 5.74) is -0.989. The molecule has 0 aliphatic rings. The molecule has 0 saturated carbocycles. The Bertz CT molecular complexity index is 286. The van der Waals surface area contributed by atoms with Gasteiger partial charge in [-0.05, 0) is 20.8 Å². The molecule has 0 heterocycles. The molecule has 0 aromatic carbocycles. The minimum atomic E-state index is -5.02. The number of amides is 1. The van der Waals surface area contributed by atoms with Gasteiger partial charge >= 0.3 is 12.3 Å². The molecule has 2 unspecified atom stereocenters. The van der Waals surface area contributed by atoms with Crippen LogP contribution >= 0.6 is 0 Å². The van der Waals surface area contributed by atoms with Crippen molar-refractivity contribution in [1.29, 1.82) is 0 Å². The number of carbonyl (C=O) groups is 1. The van der Waals surface area contributed by atoms with Crippen LogP contribution in [0.15, 0.2) is 0 Å². The Balaban J connectivity index is 4.56. The molecule has 0 aliphatic heterocycles. The zero-order chi connectivity index (χ0) is 13.1. The number of hydrogen-bond acceptors (Lipinski definition) is 3. The summed E-state index contributed by atoms with van der Waals surface area (Å²) >= 11 is -3.26. The maximum atomic E-state index is 12.1. The molecule has 0 aliphatic carbocycles. The predicted molar refractivity (Wildman–Crippen MR) is 50.0 cm³/mol. The van der Waals surface area contributed by atoms with Crippen molar-refractivity contribution in [3.8, 4) is 0 Å². The van der Waals surface area contributed by atoms with Gasteiger partial charge in [-0.3, -0.25) is 5.32 Å². The van der Waals surface area contributed by atoms with Gasteiger partial charge in [-0.15, -0.1) is 0 Å². The molecular weight excluding hydrogens is 251 g/mol. The first kappa shape index (κ1) is 15.2. The van der Waals surface area contributed by atoms with Crippen molar-refractivity contribution in [3.63, 3.8) is 0 Å². The van der Waals surface area contributed by atoms with Gasteiger partial charge in [0.05, 0.1) is 0 Å². The molecule has 0 spiro atoms. The molecule has 0 aromatic heterocycles. The van der Waals surface area contributed by atoms with Crippen molar-refractivity contribution >= 4 is 17.2 Å². The minimum Gasteiger partial charge on any atom is -0.444 e. The van der Waals surface area contributed by atoms with Crippen molar-refractivity contribution in [2.24, 2.45) is 0 Å². The van der Waals surface area contributed by atoms with Gasteiger partial charge in [-0.1, -0.05) is 0 Å². The van der Waals surface area contributed by atoms with E-state index in [0.717, 1.165) is 0 Å². The van der Waals surface area contributed by atoms with Crippen LogP contribution < -0.4 is 5.32 Å². The third kappa shape index (κ3) is 5.91. The molecule has 16 heavy (non-hydrogen) atoms. The summed E-state index contributed by atoms with van der Waals surface area (Å²) in [5.74, 6) is 0. The van der Waals surface area contributed by atoms with Gasteiger partial charge in [0.1, 0.15) is 5.60 Å². The largest absolute Gasteiger partial charge is 0.444 e. The first-order valence-electron chi connectivity index (χ1n) is 4.09. The Labute approximate surface area is 92.6 Å². The molecule has 0 aromatic rings. The van der Waals surface area contributed by atoms with E-state index in [4.69, 9.17) is 4.55 Å². The molecular formula is C7H12F3NO4S. The summed E-state index contributed by atoms with van der Waals surface area (Å²) in [6.07, 6.45) is -6.42. The third-order valence-electron chi connectivity index (χ3n) is 1.15. The summed E-state index contributed by atoms with van der Waals surface area (Å²) in [6.45, 7) is 4.35. The highest BCUT2D eigenvalue weighted by Crippen LogP contribution is 2.22. The van der Waals surface area contributed by atoms with Crippen LogP contribution in [0.25, 0.3) is 0 Å². The number of alkyl halides is 3. The van der Waals surface area contributed by atoms with E-state index in [2.05, 4.69) is 4.74 Å². The summed E-state index contributed by atoms with van der Waals surface area (Å²) in [7, 11) is 0. The van der Waals surface area contributed by atoms with E-state index in [1.807, 2.05) is 0 Å². The molecule has 9 heteroatoms. The normalized spacial score (nSPS) is 16.4. The van der Waals surface area contributed by atoms with Gasteiger partial charge in [-0.2, -0.15) is 13.2 Å². The van der Waals surface area contributed by atoms with Gasteiger partial charge in [0.25, 0.3) is 0 Å². The Morgan fingerprint density at radius 3 is 2.06 bits per heavy atom. The Kier molecular flexibility index (Phi) is 4.74. The van der Waals surface area contributed by atoms with Crippen LogP contribution in [0.1, 0.15) is 20.8 Å². The van der Waals surface area contributed by atoms with E-state index in [9.17, 15) is 22.2 Å². The number of nitrogens with one attached hydrogen (secondary N) is 1. The quantitative estimate of drug-likeness (QED) is 0.742. The van der Waals surface area contributed by atoms with Gasteiger partial charge in [0.15, 0.2) is 11.1 Å². The second-order valence-electron chi connectivity index (χ2n) is 3.84. The van der Waals surface area contributed by atoms with Crippen LogP contribution in [-0.4, -0.2) is 32.0 Å². The summed E-state index contributed by atoms with van der Waals surface area (Å²) in [5, 5.41) is -1.58. The van der Waals surface area contributed by atoms with Crippen molar-refractivity contribution < 1.29 is 31.5 Å². The maximum Gasteiger partial charge on any atom is 0.423 e. The predicted octanol–water partition coefficient (Wildman–Crippen LogP) is 1.62. The number of carbonyl (C=O) groups excluding carboxylic acids is 1. The average molecular weight is 263 g/mol. The highest BCUT2D eigenvalue weighted by molar-refractivity contribution is 7.79. The van der Waals surface area contributed by atoms with Crippen LogP contribution in [0.3, 0.4) is 0 Å². The van der Waals surface area contributed by atoms with Crippen molar-refractivity contribution in [3.05, 3.63) is 0 Å². The molecule has 2 N–H and O–H groups in total. The number of rotatable bonds is 2. The highest BCUT2D eigenvalue weighted by atomic mass is 32.2. The topological polar surface area (TPSA) is 75.6 Å². The lowest BCUT2D eigenvalue weighted by Gasteiger charge is -2.23. The second-order valence-corrected chi connectivity index (χ2v) is 4.87. The SMILES string of the molecule is CC(C)(C)OC(=O)NC(S(=O)O)C(F)(F)F. The van der Waals surface area contributed by atoms with Crippen LogP contribution in [0, 0.1) is 0 Å². The van der Waals surface area contributed by atoms with Gasteiger partial charge in [-0.25, -0.2) is 9.00 Å². The first-order chi connectivity index (χ1) is 6.93. The Morgan fingerprint density at radius 1 is 1.38 bits per heavy atom. The van der Waals surface area contributed by atoms with Crippen LogP contribution in [0.5, 0.6) is 0 Å². The summed E-state index contributed by atoms with van der Waals surface area (Å²) in [4.78, 5) is 10.9. The fraction of sp³-hybridized carbons (Fsp3) is 0.857. The van der Waals surface area contributed by atoms with E-state index in [1.54, 1.807) is 0 Å². The Morgan fingerprint density at radius 2 is 1.81 bits per heavy atom. The van der Waals surface area contributed by atoms with E-state index in [1.165, 1.54) is 26.1 Å². The van der Waals surface area contributed by atoms with E-state index >= 15 is 0 Å². The van der Waals surface area contributed by atoms with Crippen molar-refractivity contribution in [2.75, 3.05) is 0 Å². The molecule has 0 fully saturated rings. The van der Waals surface area contributed by atoms with E-state index in [-0.39, 0.29) is 0 Å². The monoisotopic (exact) mass is 263 g/mol. The van der Waals surface area contributed by atoms with E-state index < -0.39 is 34.3 Å². The van der Waals surface area contributed by atoms with Gasteiger partial charge in [0.2, 0.25) is 5.37 Å². The Hall–Kier alpha value is -0.830. The average Bonchev–Trinajstić information content (AvgIpc) is 1.93. The highest BCUT2D eigenvalue weighted by Gasteiger charge is 2.45. The zero-order valence-electron chi connectivity index (χ0n) is 8.79. The first-order valence-corrected chi connectivity index (χ1v) is 5.26. The number of hydrogen-bond donors (Lipinski definition) is 2. The summed E-state index contributed by atoms with van der Waals surface area (Å²) in [6, 6.07) is 0.